The lowest BCUT2D eigenvalue weighted by Crippen LogP contribution is -2.21. The smallest absolute Gasteiger partial charge is 0.240 e. The second-order valence-electron chi connectivity index (χ2n) is 5.55. The van der Waals surface area contributed by atoms with Crippen LogP contribution in [0.3, 0.4) is 0 Å². The van der Waals surface area contributed by atoms with Gasteiger partial charge < -0.3 is 10.1 Å². The first-order chi connectivity index (χ1) is 12.5. The van der Waals surface area contributed by atoms with E-state index in [4.69, 9.17) is 4.74 Å². The minimum atomic E-state index is -0.525. The van der Waals surface area contributed by atoms with Crippen LogP contribution in [-0.2, 0) is 9.59 Å². The summed E-state index contributed by atoms with van der Waals surface area (Å²) in [6, 6.07) is 11.4. The van der Waals surface area contributed by atoms with Gasteiger partial charge in [-0.15, -0.1) is 0 Å². The maximum Gasteiger partial charge on any atom is 0.240 e. The van der Waals surface area contributed by atoms with Gasteiger partial charge in [0.1, 0.15) is 11.6 Å². The molecule has 0 aliphatic rings. The standard InChI is InChI=1S/C19H20FN3O3/c1-13-7-8-14(11-17(13)26-2)12-21-23-19(25)10-9-18(24)22-16-6-4-3-5-15(16)20/h3-8,11-12H,9-10H2,1-2H3,(H,22,24)(H,23,25). The third-order valence-electron chi connectivity index (χ3n) is 3.56. The average molecular weight is 357 g/mol. The van der Waals surface area contributed by atoms with Crippen molar-refractivity contribution in [2.45, 2.75) is 19.8 Å². The fraction of sp³-hybridized carbons (Fsp3) is 0.211. The van der Waals surface area contributed by atoms with Gasteiger partial charge in [0.15, 0.2) is 0 Å². The predicted octanol–water partition coefficient (Wildman–Crippen LogP) is 3.01. The molecule has 2 aromatic rings. The zero-order valence-electron chi connectivity index (χ0n) is 14.6. The first-order valence-electron chi connectivity index (χ1n) is 8.00. The highest BCUT2D eigenvalue weighted by Gasteiger charge is 2.09. The lowest BCUT2D eigenvalue weighted by molar-refractivity contribution is -0.124. The van der Waals surface area contributed by atoms with Crippen LogP contribution in [0.4, 0.5) is 10.1 Å². The van der Waals surface area contributed by atoms with Gasteiger partial charge in [-0.25, -0.2) is 9.82 Å². The molecule has 0 fully saturated rings. The van der Waals surface area contributed by atoms with Crippen molar-refractivity contribution in [2.24, 2.45) is 5.10 Å². The number of nitrogens with zero attached hydrogens (tertiary/aromatic N) is 1. The Labute approximate surface area is 151 Å². The number of hydrazone groups is 1. The van der Waals surface area contributed by atoms with E-state index in [0.717, 1.165) is 16.9 Å². The molecule has 2 amide bonds. The highest BCUT2D eigenvalue weighted by Crippen LogP contribution is 2.17. The number of ether oxygens (including phenoxy) is 1. The molecule has 0 heterocycles. The van der Waals surface area contributed by atoms with E-state index in [1.807, 2.05) is 19.1 Å². The summed E-state index contributed by atoms with van der Waals surface area (Å²) >= 11 is 0. The Bertz CT molecular complexity index is 821. The first kappa shape index (κ1) is 19.1. The van der Waals surface area contributed by atoms with E-state index in [1.54, 1.807) is 19.2 Å². The van der Waals surface area contributed by atoms with Gasteiger partial charge >= 0.3 is 0 Å². The fourth-order valence-electron chi connectivity index (χ4n) is 2.15. The predicted molar refractivity (Wildman–Crippen MR) is 97.7 cm³/mol. The maximum absolute atomic E-state index is 13.4. The Hall–Kier alpha value is -3.22. The minimum absolute atomic E-state index is 0.0607. The number of amides is 2. The van der Waals surface area contributed by atoms with Gasteiger partial charge in [0.05, 0.1) is 19.0 Å². The van der Waals surface area contributed by atoms with Gasteiger partial charge in [-0.05, 0) is 36.2 Å². The molecule has 136 valence electrons. The molecule has 6 nitrogen and oxygen atoms in total. The van der Waals surface area contributed by atoms with Crippen LogP contribution in [0.2, 0.25) is 0 Å². The summed E-state index contributed by atoms with van der Waals surface area (Å²) in [7, 11) is 1.58. The van der Waals surface area contributed by atoms with Crippen molar-refractivity contribution < 1.29 is 18.7 Å². The molecule has 0 bridgehead atoms. The first-order valence-corrected chi connectivity index (χ1v) is 8.00. The number of carbonyl (C=O) groups is 2. The van der Waals surface area contributed by atoms with Crippen molar-refractivity contribution in [1.29, 1.82) is 0 Å². The Kier molecular flexibility index (Phi) is 6.84. The Balaban J connectivity index is 1.78. The molecule has 26 heavy (non-hydrogen) atoms. The van der Waals surface area contributed by atoms with Crippen LogP contribution >= 0.6 is 0 Å². The number of hydrogen-bond donors (Lipinski definition) is 2. The highest BCUT2D eigenvalue weighted by atomic mass is 19.1. The zero-order valence-corrected chi connectivity index (χ0v) is 14.6. The van der Waals surface area contributed by atoms with E-state index in [9.17, 15) is 14.0 Å². The Morgan fingerprint density at radius 2 is 1.88 bits per heavy atom. The summed E-state index contributed by atoms with van der Waals surface area (Å²) in [6.45, 7) is 1.92. The van der Waals surface area contributed by atoms with Gasteiger partial charge in [-0.3, -0.25) is 9.59 Å². The summed E-state index contributed by atoms with van der Waals surface area (Å²) < 4.78 is 18.6. The highest BCUT2D eigenvalue weighted by molar-refractivity contribution is 5.93. The monoisotopic (exact) mass is 357 g/mol. The van der Waals surface area contributed by atoms with Gasteiger partial charge in [0, 0.05) is 12.8 Å². The van der Waals surface area contributed by atoms with E-state index in [1.165, 1.54) is 24.4 Å². The molecule has 0 aliphatic heterocycles. The van der Waals surface area contributed by atoms with Crippen LogP contribution in [0.1, 0.15) is 24.0 Å². The number of nitrogens with one attached hydrogen (secondary N) is 2. The Morgan fingerprint density at radius 3 is 2.62 bits per heavy atom. The lowest BCUT2D eigenvalue weighted by Gasteiger charge is -2.06. The van der Waals surface area contributed by atoms with E-state index < -0.39 is 17.6 Å². The normalized spacial score (nSPS) is 10.6. The number of benzene rings is 2. The fourth-order valence-corrected chi connectivity index (χ4v) is 2.15. The molecule has 2 aromatic carbocycles. The molecule has 0 saturated heterocycles. The molecule has 0 spiro atoms. The van der Waals surface area contributed by atoms with Crippen LogP contribution in [0.5, 0.6) is 5.75 Å². The summed E-state index contributed by atoms with van der Waals surface area (Å²) in [6.07, 6.45) is 1.35. The molecule has 0 unspecified atom stereocenters. The van der Waals surface area contributed by atoms with Crippen molar-refractivity contribution >= 4 is 23.7 Å². The number of halogens is 1. The van der Waals surface area contributed by atoms with Crippen molar-refractivity contribution in [3.63, 3.8) is 0 Å². The Morgan fingerprint density at radius 1 is 1.15 bits per heavy atom. The molecule has 0 aliphatic carbocycles. The number of methoxy groups -OCH3 is 1. The SMILES string of the molecule is COc1cc(C=NNC(=O)CCC(=O)Nc2ccccc2F)ccc1C. The maximum atomic E-state index is 13.4. The van der Waals surface area contributed by atoms with Crippen molar-refractivity contribution in [3.8, 4) is 5.75 Å². The minimum Gasteiger partial charge on any atom is -0.496 e. The van der Waals surface area contributed by atoms with Crippen LogP contribution in [0, 0.1) is 12.7 Å². The third kappa shape index (κ3) is 5.70. The van der Waals surface area contributed by atoms with Crippen LogP contribution in [0.15, 0.2) is 47.6 Å². The van der Waals surface area contributed by atoms with Gasteiger partial charge in [-0.2, -0.15) is 5.10 Å². The van der Waals surface area contributed by atoms with Crippen molar-refractivity contribution in [2.75, 3.05) is 12.4 Å². The van der Waals surface area contributed by atoms with Crippen LogP contribution < -0.4 is 15.5 Å². The number of carbonyl (C=O) groups excluding carboxylic acids is 2. The van der Waals surface area contributed by atoms with E-state index in [0.29, 0.717) is 0 Å². The number of para-hydroxylation sites is 1. The van der Waals surface area contributed by atoms with Gasteiger partial charge in [-0.1, -0.05) is 24.3 Å². The number of rotatable bonds is 7. The summed E-state index contributed by atoms with van der Waals surface area (Å²) in [4.78, 5) is 23.5. The van der Waals surface area contributed by atoms with Gasteiger partial charge in [0.2, 0.25) is 11.8 Å². The van der Waals surface area contributed by atoms with Crippen molar-refractivity contribution in [3.05, 3.63) is 59.4 Å². The van der Waals surface area contributed by atoms with Crippen LogP contribution in [-0.4, -0.2) is 25.1 Å². The zero-order chi connectivity index (χ0) is 18.9. The largest absolute Gasteiger partial charge is 0.496 e. The molecule has 2 rings (SSSR count). The molecular weight excluding hydrogens is 337 g/mol. The molecule has 0 saturated carbocycles. The second kappa shape index (κ2) is 9.31. The van der Waals surface area contributed by atoms with Crippen LogP contribution in [0.25, 0.3) is 0 Å². The quantitative estimate of drug-likeness (QED) is 0.590. The number of anilines is 1. The van der Waals surface area contributed by atoms with E-state index in [-0.39, 0.29) is 18.5 Å². The van der Waals surface area contributed by atoms with Crippen molar-refractivity contribution in [1.82, 2.24) is 5.43 Å². The molecule has 0 atom stereocenters. The molecule has 0 aromatic heterocycles. The molecule has 0 radical (unpaired) electrons. The van der Waals surface area contributed by atoms with Gasteiger partial charge in [0.25, 0.3) is 0 Å². The molecular formula is C19H20FN3O3. The van der Waals surface area contributed by atoms with E-state index >= 15 is 0 Å². The topological polar surface area (TPSA) is 79.8 Å². The number of aryl methyl sites for hydroxylation is 1. The summed E-state index contributed by atoms with van der Waals surface area (Å²) in [5.41, 5.74) is 4.20. The average Bonchev–Trinajstić information content (AvgIpc) is 2.63. The summed E-state index contributed by atoms with van der Waals surface area (Å²) in [5, 5.41) is 6.27. The second-order valence-corrected chi connectivity index (χ2v) is 5.55. The molecule has 7 heteroatoms. The molecule has 2 N–H and O–H groups in total. The number of hydrogen-bond acceptors (Lipinski definition) is 4. The third-order valence-corrected chi connectivity index (χ3v) is 3.56. The lowest BCUT2D eigenvalue weighted by atomic mass is 10.1. The summed E-state index contributed by atoms with van der Waals surface area (Å²) in [5.74, 6) is -0.657. The van der Waals surface area contributed by atoms with E-state index in [2.05, 4.69) is 15.8 Å².